The molecule has 1 aliphatic heterocycles. The van der Waals surface area contributed by atoms with Crippen LogP contribution in [0.5, 0.6) is 0 Å². The summed E-state index contributed by atoms with van der Waals surface area (Å²) in [6.45, 7) is 6.11. The topological polar surface area (TPSA) is 44.8 Å². The lowest BCUT2D eigenvalue weighted by Crippen LogP contribution is -2.24. The predicted molar refractivity (Wildman–Crippen MR) is 92.4 cm³/mol. The van der Waals surface area contributed by atoms with Gasteiger partial charge in [-0.05, 0) is 48.9 Å². The van der Waals surface area contributed by atoms with Gasteiger partial charge in [0, 0.05) is 6.42 Å². The molecule has 138 valence electrons. The van der Waals surface area contributed by atoms with Crippen LogP contribution in [-0.2, 0) is 19.0 Å². The normalized spacial score (nSPS) is 37.9. The van der Waals surface area contributed by atoms with E-state index in [2.05, 4.69) is 13.8 Å². The molecule has 4 heteroatoms. The maximum absolute atomic E-state index is 11.7. The molecule has 6 unspecified atom stereocenters. The Hall–Kier alpha value is -0.610. The second-order valence-electron chi connectivity index (χ2n) is 8.29. The average molecular weight is 338 g/mol. The zero-order chi connectivity index (χ0) is 16.9. The minimum absolute atomic E-state index is 0.0687. The second-order valence-corrected chi connectivity index (χ2v) is 8.29. The number of unbranched alkanes of at least 4 members (excludes halogenated alkanes) is 3. The number of carbonyl (C=O) groups is 1. The van der Waals surface area contributed by atoms with Crippen LogP contribution in [0.15, 0.2) is 0 Å². The molecule has 0 aromatic heterocycles. The van der Waals surface area contributed by atoms with Crippen LogP contribution >= 0.6 is 0 Å². The zero-order valence-corrected chi connectivity index (χ0v) is 15.4. The lowest BCUT2D eigenvalue weighted by Gasteiger charge is -2.31. The highest BCUT2D eigenvalue weighted by Gasteiger charge is 2.47. The third-order valence-electron chi connectivity index (χ3n) is 6.86. The summed E-state index contributed by atoms with van der Waals surface area (Å²) in [4.78, 5) is 11.7. The standard InChI is InChI=1S/C20H34O4/c1-14-15(2)19-10-17(14)9-16(19)7-5-3-4-6-8-20(21)23-12-18-11-22-13-24-18/h14-19H,3-13H2,1-2H3. The Labute approximate surface area is 146 Å². The maximum atomic E-state index is 11.7. The van der Waals surface area contributed by atoms with E-state index < -0.39 is 0 Å². The molecule has 0 aromatic carbocycles. The van der Waals surface area contributed by atoms with Gasteiger partial charge in [-0.2, -0.15) is 0 Å². The number of carbonyl (C=O) groups excluding carboxylic acids is 1. The third-order valence-corrected chi connectivity index (χ3v) is 6.86. The van der Waals surface area contributed by atoms with Crippen molar-refractivity contribution in [3.8, 4) is 0 Å². The number of fused-ring (bicyclic) bond motifs is 2. The molecular formula is C20H34O4. The Morgan fingerprint density at radius 1 is 1.08 bits per heavy atom. The highest BCUT2D eigenvalue weighted by Crippen LogP contribution is 2.56. The summed E-state index contributed by atoms with van der Waals surface area (Å²) in [5.41, 5.74) is 0. The molecule has 6 atom stereocenters. The highest BCUT2D eigenvalue weighted by molar-refractivity contribution is 5.69. The van der Waals surface area contributed by atoms with Crippen LogP contribution in [0.25, 0.3) is 0 Å². The van der Waals surface area contributed by atoms with Crippen molar-refractivity contribution in [1.29, 1.82) is 0 Å². The maximum Gasteiger partial charge on any atom is 0.305 e. The lowest BCUT2D eigenvalue weighted by molar-refractivity contribution is -0.146. The van der Waals surface area contributed by atoms with E-state index in [1.54, 1.807) is 0 Å². The molecule has 0 N–H and O–H groups in total. The molecule has 0 spiro atoms. The number of rotatable bonds is 9. The van der Waals surface area contributed by atoms with Gasteiger partial charge in [-0.25, -0.2) is 0 Å². The summed E-state index contributed by atoms with van der Waals surface area (Å²) >= 11 is 0. The summed E-state index contributed by atoms with van der Waals surface area (Å²) in [6.07, 6.45) is 9.53. The van der Waals surface area contributed by atoms with Gasteiger partial charge in [0.2, 0.25) is 0 Å². The van der Waals surface area contributed by atoms with Gasteiger partial charge in [-0.3, -0.25) is 4.79 Å². The average Bonchev–Trinajstić information content (AvgIpc) is 3.28. The zero-order valence-electron chi connectivity index (χ0n) is 15.4. The van der Waals surface area contributed by atoms with E-state index in [1.165, 1.54) is 32.1 Å². The van der Waals surface area contributed by atoms with E-state index in [0.29, 0.717) is 26.4 Å². The van der Waals surface area contributed by atoms with Crippen LogP contribution in [-0.4, -0.2) is 32.1 Å². The van der Waals surface area contributed by atoms with Crippen LogP contribution in [0.4, 0.5) is 0 Å². The molecule has 0 aromatic rings. The van der Waals surface area contributed by atoms with E-state index in [4.69, 9.17) is 14.2 Å². The number of esters is 1. The molecule has 3 aliphatic rings. The van der Waals surface area contributed by atoms with E-state index in [1.807, 2.05) is 0 Å². The molecule has 0 radical (unpaired) electrons. The first kappa shape index (κ1) is 18.2. The van der Waals surface area contributed by atoms with E-state index in [0.717, 1.165) is 42.4 Å². The Kier molecular flexibility index (Phi) is 6.56. The fraction of sp³-hybridized carbons (Fsp3) is 0.950. The molecule has 1 saturated heterocycles. The first-order valence-corrected chi connectivity index (χ1v) is 10.00. The molecule has 3 rings (SSSR count). The van der Waals surface area contributed by atoms with Crippen LogP contribution < -0.4 is 0 Å². The smallest absolute Gasteiger partial charge is 0.305 e. The molecule has 1 heterocycles. The highest BCUT2D eigenvalue weighted by atomic mass is 16.7. The van der Waals surface area contributed by atoms with Crippen LogP contribution in [0, 0.1) is 29.6 Å². The minimum Gasteiger partial charge on any atom is -0.463 e. The first-order valence-electron chi connectivity index (χ1n) is 10.00. The molecular weight excluding hydrogens is 304 g/mol. The fourth-order valence-electron chi connectivity index (χ4n) is 5.18. The third kappa shape index (κ3) is 4.51. The fourth-order valence-corrected chi connectivity index (χ4v) is 5.18. The Bertz CT molecular complexity index is 402. The van der Waals surface area contributed by atoms with Crippen molar-refractivity contribution in [2.45, 2.75) is 71.3 Å². The number of ether oxygens (including phenoxy) is 3. The first-order chi connectivity index (χ1) is 11.6. The van der Waals surface area contributed by atoms with Crippen LogP contribution in [0.1, 0.15) is 65.2 Å². The van der Waals surface area contributed by atoms with Gasteiger partial charge in [0.25, 0.3) is 0 Å². The van der Waals surface area contributed by atoms with Crippen molar-refractivity contribution >= 4 is 5.97 Å². The number of hydrogen-bond donors (Lipinski definition) is 0. The molecule has 3 fully saturated rings. The van der Waals surface area contributed by atoms with Gasteiger partial charge < -0.3 is 14.2 Å². The summed E-state index contributed by atoms with van der Waals surface area (Å²) in [5.74, 6) is 4.80. The monoisotopic (exact) mass is 338 g/mol. The molecule has 4 nitrogen and oxygen atoms in total. The van der Waals surface area contributed by atoms with Crippen LogP contribution in [0.2, 0.25) is 0 Å². The van der Waals surface area contributed by atoms with Gasteiger partial charge in [-0.1, -0.05) is 39.5 Å². The Morgan fingerprint density at radius 3 is 2.62 bits per heavy atom. The molecule has 0 amide bonds. The largest absolute Gasteiger partial charge is 0.463 e. The lowest BCUT2D eigenvalue weighted by atomic mass is 9.74. The Balaban J connectivity index is 1.18. The predicted octanol–water partition coefficient (Wildman–Crippen LogP) is 4.17. The SMILES string of the molecule is CC1C2CC(CCCCCCC(=O)OCC3COCO3)C(C2)C1C. The summed E-state index contributed by atoms with van der Waals surface area (Å²) in [6, 6.07) is 0. The van der Waals surface area contributed by atoms with E-state index >= 15 is 0 Å². The summed E-state index contributed by atoms with van der Waals surface area (Å²) in [7, 11) is 0. The molecule has 2 saturated carbocycles. The van der Waals surface area contributed by atoms with Gasteiger partial charge in [0.05, 0.1) is 6.61 Å². The molecule has 2 aliphatic carbocycles. The van der Waals surface area contributed by atoms with Gasteiger partial charge in [0.1, 0.15) is 19.5 Å². The number of hydrogen-bond acceptors (Lipinski definition) is 4. The van der Waals surface area contributed by atoms with Crippen molar-refractivity contribution in [2.24, 2.45) is 29.6 Å². The van der Waals surface area contributed by atoms with Gasteiger partial charge in [0.15, 0.2) is 0 Å². The van der Waals surface area contributed by atoms with Crippen molar-refractivity contribution in [3.63, 3.8) is 0 Å². The van der Waals surface area contributed by atoms with Crippen molar-refractivity contribution in [3.05, 3.63) is 0 Å². The molecule has 24 heavy (non-hydrogen) atoms. The summed E-state index contributed by atoms with van der Waals surface area (Å²) < 4.78 is 15.5. The second kappa shape index (κ2) is 8.66. The minimum atomic E-state index is -0.0959. The van der Waals surface area contributed by atoms with E-state index in [-0.39, 0.29) is 12.1 Å². The van der Waals surface area contributed by atoms with Gasteiger partial charge in [-0.15, -0.1) is 0 Å². The van der Waals surface area contributed by atoms with Crippen molar-refractivity contribution < 1.29 is 19.0 Å². The quantitative estimate of drug-likeness (QED) is 0.467. The van der Waals surface area contributed by atoms with Crippen molar-refractivity contribution in [2.75, 3.05) is 20.0 Å². The van der Waals surface area contributed by atoms with Gasteiger partial charge >= 0.3 is 5.97 Å². The van der Waals surface area contributed by atoms with Crippen LogP contribution in [0.3, 0.4) is 0 Å². The van der Waals surface area contributed by atoms with E-state index in [9.17, 15) is 4.79 Å². The summed E-state index contributed by atoms with van der Waals surface area (Å²) in [5, 5.41) is 0. The molecule has 2 bridgehead atoms. The van der Waals surface area contributed by atoms with Crippen molar-refractivity contribution in [1.82, 2.24) is 0 Å². The Morgan fingerprint density at radius 2 is 1.92 bits per heavy atom.